The van der Waals surface area contributed by atoms with Crippen LogP contribution < -0.4 is 19.5 Å². The molecule has 0 saturated heterocycles. The third kappa shape index (κ3) is 8.24. The number of methoxy groups -OCH3 is 3. The highest BCUT2D eigenvalue weighted by atomic mass is 16.5. The van der Waals surface area contributed by atoms with E-state index in [4.69, 9.17) is 34.0 Å². The van der Waals surface area contributed by atoms with Gasteiger partial charge in [0.05, 0.1) is 21.3 Å². The van der Waals surface area contributed by atoms with E-state index in [0.717, 1.165) is 43.1 Å². The van der Waals surface area contributed by atoms with Crippen LogP contribution in [0.4, 0.5) is 0 Å². The van der Waals surface area contributed by atoms with Gasteiger partial charge >= 0.3 is 11.9 Å². The molecule has 0 spiro atoms. The first kappa shape index (κ1) is 30.2. The molecule has 2 aromatic rings. The Kier molecular flexibility index (Phi) is 12.1. The Bertz CT molecular complexity index is 1190. The topological polar surface area (TPSA) is 114 Å². The Hall–Kier alpha value is -4.04. The molecule has 4 rings (SSSR count). The predicted molar refractivity (Wildman–Crippen MR) is 148 cm³/mol. The molecule has 8 nitrogen and oxygen atoms in total. The fourth-order valence-corrected chi connectivity index (χ4v) is 4.22. The fraction of sp³-hybridized carbons (Fsp3) is 0.333. The molecule has 204 valence electrons. The molecule has 0 saturated carbocycles. The second-order valence-corrected chi connectivity index (χ2v) is 8.22. The molecule has 2 aliphatic rings. The molecular formula is C30H37NO7. The quantitative estimate of drug-likeness (QED) is 0.429. The molecule has 0 bridgehead atoms. The molecule has 0 radical (unpaired) electrons. The Morgan fingerprint density at radius 1 is 0.921 bits per heavy atom. The van der Waals surface area contributed by atoms with Gasteiger partial charge in [0.1, 0.15) is 5.75 Å². The van der Waals surface area contributed by atoms with Crippen LogP contribution in [0.15, 0.2) is 66.3 Å². The second kappa shape index (κ2) is 15.3. The van der Waals surface area contributed by atoms with E-state index in [0.29, 0.717) is 0 Å². The van der Waals surface area contributed by atoms with Crippen molar-refractivity contribution in [3.63, 3.8) is 0 Å². The van der Waals surface area contributed by atoms with E-state index in [1.165, 1.54) is 27.8 Å². The molecular weight excluding hydrogens is 486 g/mol. The molecule has 1 unspecified atom stereocenters. The van der Waals surface area contributed by atoms with E-state index < -0.39 is 11.9 Å². The van der Waals surface area contributed by atoms with Gasteiger partial charge in [-0.25, -0.2) is 9.59 Å². The van der Waals surface area contributed by atoms with Crippen LogP contribution in [0.1, 0.15) is 49.4 Å². The summed E-state index contributed by atoms with van der Waals surface area (Å²) in [5.74, 6) is -1.17. The zero-order chi connectivity index (χ0) is 28.1. The predicted octanol–water partition coefficient (Wildman–Crippen LogP) is 5.44. The summed E-state index contributed by atoms with van der Waals surface area (Å²) >= 11 is 0. The number of carbonyl (C=O) groups is 2. The minimum absolute atomic E-state index is 0.267. The van der Waals surface area contributed by atoms with Crippen LogP contribution in [-0.2, 0) is 16.0 Å². The van der Waals surface area contributed by atoms with Crippen molar-refractivity contribution in [2.75, 3.05) is 27.9 Å². The smallest absolute Gasteiger partial charge is 0.414 e. The Balaban J connectivity index is 0.000000560. The average molecular weight is 524 g/mol. The number of hydrogen-bond acceptors (Lipinski definition) is 6. The van der Waals surface area contributed by atoms with Gasteiger partial charge < -0.3 is 29.7 Å². The van der Waals surface area contributed by atoms with Crippen molar-refractivity contribution in [3.05, 3.63) is 83.0 Å². The van der Waals surface area contributed by atoms with Crippen LogP contribution in [0.3, 0.4) is 0 Å². The average Bonchev–Trinajstić information content (AvgIpc) is 3.19. The minimum atomic E-state index is -1.82. The highest BCUT2D eigenvalue weighted by molar-refractivity contribution is 6.27. The second-order valence-electron chi connectivity index (χ2n) is 8.22. The van der Waals surface area contributed by atoms with Crippen LogP contribution >= 0.6 is 0 Å². The maximum absolute atomic E-state index is 9.10. The van der Waals surface area contributed by atoms with Gasteiger partial charge in [0.25, 0.3) is 0 Å². The van der Waals surface area contributed by atoms with Gasteiger partial charge in [0.2, 0.25) is 0 Å². The van der Waals surface area contributed by atoms with Gasteiger partial charge in [-0.05, 0) is 77.9 Å². The van der Waals surface area contributed by atoms with Crippen LogP contribution in [0.5, 0.6) is 17.2 Å². The summed E-state index contributed by atoms with van der Waals surface area (Å²) < 4.78 is 16.4. The fourth-order valence-electron chi connectivity index (χ4n) is 4.22. The lowest BCUT2D eigenvalue weighted by Crippen LogP contribution is -2.30. The summed E-state index contributed by atoms with van der Waals surface area (Å²) in [6, 6.07) is 12.7. The van der Waals surface area contributed by atoms with E-state index in [9.17, 15) is 0 Å². The highest BCUT2D eigenvalue weighted by Gasteiger charge is 2.23. The van der Waals surface area contributed by atoms with Crippen molar-refractivity contribution in [2.45, 2.75) is 39.2 Å². The number of nitrogens with one attached hydrogen (secondary N) is 1. The molecule has 1 aliphatic carbocycles. The van der Waals surface area contributed by atoms with E-state index in [-0.39, 0.29) is 6.04 Å². The Labute approximate surface area is 224 Å². The third-order valence-corrected chi connectivity index (χ3v) is 6.03. The molecule has 1 aliphatic heterocycles. The molecule has 3 N–H and O–H groups in total. The van der Waals surface area contributed by atoms with Crippen LogP contribution in [0.25, 0.3) is 5.57 Å². The van der Waals surface area contributed by atoms with Gasteiger partial charge in [0, 0.05) is 6.04 Å². The first-order chi connectivity index (χ1) is 18.4. The first-order valence-corrected chi connectivity index (χ1v) is 12.5. The number of hydrogen-bond donors (Lipinski definition) is 3. The lowest BCUT2D eigenvalue weighted by atomic mass is 9.89. The number of benzene rings is 2. The van der Waals surface area contributed by atoms with Gasteiger partial charge in [-0.2, -0.15) is 0 Å². The highest BCUT2D eigenvalue weighted by Crippen LogP contribution is 2.37. The third-order valence-electron chi connectivity index (χ3n) is 6.03. The lowest BCUT2D eigenvalue weighted by Gasteiger charge is -2.28. The van der Waals surface area contributed by atoms with Crippen molar-refractivity contribution >= 4 is 17.5 Å². The van der Waals surface area contributed by atoms with Gasteiger partial charge in [-0.3, -0.25) is 0 Å². The summed E-state index contributed by atoms with van der Waals surface area (Å²) in [6.45, 7) is 4.97. The van der Waals surface area contributed by atoms with Crippen molar-refractivity contribution in [1.82, 2.24) is 5.32 Å². The Morgan fingerprint density at radius 3 is 2.24 bits per heavy atom. The summed E-state index contributed by atoms with van der Waals surface area (Å²) in [6.07, 6.45) is 11.9. The van der Waals surface area contributed by atoms with E-state index in [1.807, 2.05) is 26.0 Å². The summed E-state index contributed by atoms with van der Waals surface area (Å²) in [7, 11) is 5.09. The SMILES string of the molecule is CC.COc1cccc(C2=CCC=C(CC3NCCc4cc(OC)c(OC)cc43)C=C2)c1.O=C(O)C(=O)O. The van der Waals surface area contributed by atoms with Gasteiger partial charge in [0.15, 0.2) is 11.5 Å². The molecule has 0 amide bonds. The van der Waals surface area contributed by atoms with E-state index in [1.54, 1.807) is 21.3 Å². The van der Waals surface area contributed by atoms with Gasteiger partial charge in [-0.1, -0.05) is 50.3 Å². The molecule has 8 heteroatoms. The first-order valence-electron chi connectivity index (χ1n) is 12.5. The minimum Gasteiger partial charge on any atom is -0.497 e. The monoisotopic (exact) mass is 523 g/mol. The zero-order valence-corrected chi connectivity index (χ0v) is 22.6. The normalized spacial score (nSPS) is 15.6. The molecule has 1 atom stereocenters. The van der Waals surface area contributed by atoms with Crippen molar-refractivity contribution < 1.29 is 34.0 Å². The number of ether oxygens (including phenoxy) is 3. The van der Waals surface area contributed by atoms with E-state index in [2.05, 4.69) is 53.9 Å². The van der Waals surface area contributed by atoms with Crippen molar-refractivity contribution in [1.29, 1.82) is 0 Å². The Morgan fingerprint density at radius 2 is 1.61 bits per heavy atom. The lowest BCUT2D eigenvalue weighted by molar-refractivity contribution is -0.159. The molecule has 38 heavy (non-hydrogen) atoms. The number of carboxylic acids is 2. The number of carboxylic acid groups (broad SMARTS) is 2. The summed E-state index contributed by atoms with van der Waals surface area (Å²) in [4.78, 5) is 18.2. The van der Waals surface area contributed by atoms with Crippen LogP contribution in [0, 0.1) is 0 Å². The zero-order valence-electron chi connectivity index (χ0n) is 22.6. The molecule has 0 aromatic heterocycles. The van der Waals surface area contributed by atoms with Crippen LogP contribution in [-0.4, -0.2) is 50.0 Å². The molecule has 2 aromatic carbocycles. The number of aliphatic carboxylic acids is 2. The largest absolute Gasteiger partial charge is 0.497 e. The maximum atomic E-state index is 9.10. The molecule has 1 heterocycles. The van der Waals surface area contributed by atoms with Crippen molar-refractivity contribution in [3.8, 4) is 17.2 Å². The number of allylic oxidation sites excluding steroid dienone is 5. The standard InChI is InChI=1S/C26H29NO3.C2H2O4.C2H6/c1-28-22-9-5-8-20(15-22)19-7-4-6-18(10-11-19)14-24-23-17-26(30-3)25(29-2)16-21(23)12-13-27-24;3-1(4)2(5)6;1-2/h5-11,15-17,24,27H,4,12-14H2,1-3H3;(H,3,4)(H,5,6);1-2H3. The number of fused-ring (bicyclic) bond motifs is 1. The summed E-state index contributed by atoms with van der Waals surface area (Å²) in [5.41, 5.74) is 6.38. The maximum Gasteiger partial charge on any atom is 0.414 e. The molecule has 0 fully saturated rings. The summed E-state index contributed by atoms with van der Waals surface area (Å²) in [5, 5.41) is 18.5. The van der Waals surface area contributed by atoms with Crippen LogP contribution in [0.2, 0.25) is 0 Å². The number of rotatable bonds is 6. The van der Waals surface area contributed by atoms with Crippen molar-refractivity contribution in [2.24, 2.45) is 0 Å². The van der Waals surface area contributed by atoms with E-state index >= 15 is 0 Å². The van der Waals surface area contributed by atoms with Gasteiger partial charge in [-0.15, -0.1) is 0 Å².